The largest absolute Gasteiger partial charge is 0.272 e. The average Bonchev–Trinajstić information content (AvgIpc) is 3.40. The van der Waals surface area contributed by atoms with Gasteiger partial charge in [0.2, 0.25) is 0 Å². The van der Waals surface area contributed by atoms with Crippen molar-refractivity contribution in [3.8, 4) is 0 Å². The second-order valence-electron chi connectivity index (χ2n) is 8.04. The van der Waals surface area contributed by atoms with E-state index in [-0.39, 0.29) is 42.1 Å². The molecule has 1 heterocycles. The highest BCUT2D eigenvalue weighted by atomic mass is 16.7. The van der Waals surface area contributed by atoms with Crippen molar-refractivity contribution in [3.63, 3.8) is 0 Å². The summed E-state index contributed by atoms with van der Waals surface area (Å²) in [7, 11) is 0. The Morgan fingerprint density at radius 2 is 1.36 bits per heavy atom. The number of imide groups is 1. The van der Waals surface area contributed by atoms with Crippen LogP contribution in [0.25, 0.3) is 21.5 Å². The summed E-state index contributed by atoms with van der Waals surface area (Å²) in [6.07, 6.45) is 5.12. The van der Waals surface area contributed by atoms with E-state index in [9.17, 15) is 9.59 Å². The summed E-state index contributed by atoms with van der Waals surface area (Å²) >= 11 is 0. The SMILES string of the molecule is O=C1[C@@H]2[C@H](C(=O)N1OCc1c3ccccc3cc3ccccc13)[C@@H]1C=C[C@H]2C1. The Morgan fingerprint density at radius 3 is 1.93 bits per heavy atom. The molecule has 3 aromatic rings. The molecule has 1 saturated heterocycles. The first-order valence-corrected chi connectivity index (χ1v) is 9.81. The number of rotatable bonds is 3. The van der Waals surface area contributed by atoms with Gasteiger partial charge in [0.25, 0.3) is 11.8 Å². The molecule has 2 amide bonds. The molecule has 2 bridgehead atoms. The van der Waals surface area contributed by atoms with Crippen LogP contribution in [0.5, 0.6) is 0 Å². The number of amides is 2. The molecular weight excluding hydrogens is 350 g/mol. The van der Waals surface area contributed by atoms with Crippen molar-refractivity contribution in [2.24, 2.45) is 23.7 Å². The first-order valence-electron chi connectivity index (χ1n) is 9.81. The second-order valence-corrected chi connectivity index (χ2v) is 8.04. The van der Waals surface area contributed by atoms with Gasteiger partial charge >= 0.3 is 0 Å². The van der Waals surface area contributed by atoms with Crippen molar-refractivity contribution in [3.05, 3.63) is 72.3 Å². The monoisotopic (exact) mass is 369 g/mol. The molecule has 0 spiro atoms. The summed E-state index contributed by atoms with van der Waals surface area (Å²) in [6, 6.07) is 18.5. The van der Waals surface area contributed by atoms with Crippen LogP contribution in [0.15, 0.2) is 66.7 Å². The number of benzene rings is 3. The van der Waals surface area contributed by atoms with Crippen LogP contribution in [0, 0.1) is 23.7 Å². The van der Waals surface area contributed by atoms with Crippen LogP contribution in [0.2, 0.25) is 0 Å². The minimum absolute atomic E-state index is 0.170. The summed E-state index contributed by atoms with van der Waals surface area (Å²) < 4.78 is 0. The zero-order chi connectivity index (χ0) is 18.8. The van der Waals surface area contributed by atoms with E-state index < -0.39 is 0 Å². The Bertz CT molecular complexity index is 1100. The molecule has 0 N–H and O–H groups in total. The van der Waals surface area contributed by atoms with Gasteiger partial charge in [-0.25, -0.2) is 0 Å². The number of carbonyl (C=O) groups is 2. The van der Waals surface area contributed by atoms with Crippen molar-refractivity contribution in [1.82, 2.24) is 5.06 Å². The number of allylic oxidation sites excluding steroid dienone is 2. The molecule has 0 radical (unpaired) electrons. The molecule has 28 heavy (non-hydrogen) atoms. The highest BCUT2D eigenvalue weighted by Crippen LogP contribution is 2.52. The second kappa shape index (κ2) is 5.76. The van der Waals surface area contributed by atoms with Crippen LogP contribution in [-0.2, 0) is 21.0 Å². The maximum atomic E-state index is 12.9. The first-order chi connectivity index (χ1) is 13.7. The zero-order valence-corrected chi connectivity index (χ0v) is 15.2. The van der Waals surface area contributed by atoms with Gasteiger partial charge in [0.05, 0.1) is 11.8 Å². The summed E-state index contributed by atoms with van der Waals surface area (Å²) in [4.78, 5) is 31.7. The van der Waals surface area contributed by atoms with E-state index in [1.54, 1.807) is 0 Å². The predicted octanol–water partition coefficient (Wildman–Crippen LogP) is 4.23. The fraction of sp³-hybridized carbons (Fsp3) is 0.250. The molecule has 0 unspecified atom stereocenters. The first kappa shape index (κ1) is 16.0. The van der Waals surface area contributed by atoms with E-state index in [2.05, 4.69) is 42.5 Å². The van der Waals surface area contributed by atoms with Crippen LogP contribution in [0.3, 0.4) is 0 Å². The molecule has 138 valence electrons. The van der Waals surface area contributed by atoms with E-state index in [0.29, 0.717) is 0 Å². The van der Waals surface area contributed by atoms with E-state index in [1.807, 2.05) is 24.3 Å². The third-order valence-corrected chi connectivity index (χ3v) is 6.65. The van der Waals surface area contributed by atoms with Crippen LogP contribution in [-0.4, -0.2) is 16.9 Å². The Labute approximate surface area is 162 Å². The maximum absolute atomic E-state index is 12.9. The van der Waals surface area contributed by atoms with Crippen LogP contribution < -0.4 is 0 Å². The normalized spacial score (nSPS) is 28.1. The van der Waals surface area contributed by atoms with E-state index in [1.165, 1.54) is 0 Å². The summed E-state index contributed by atoms with van der Waals surface area (Å²) in [5.74, 6) is -0.414. The number of hydrogen-bond acceptors (Lipinski definition) is 3. The van der Waals surface area contributed by atoms with Crippen molar-refractivity contribution in [2.45, 2.75) is 13.0 Å². The highest BCUT2D eigenvalue weighted by molar-refractivity contribution is 6.05. The lowest BCUT2D eigenvalue weighted by Gasteiger charge is -2.18. The fourth-order valence-corrected chi connectivity index (χ4v) is 5.39. The Kier molecular flexibility index (Phi) is 3.29. The fourth-order valence-electron chi connectivity index (χ4n) is 5.39. The lowest BCUT2D eigenvalue weighted by molar-refractivity contribution is -0.193. The van der Waals surface area contributed by atoms with Crippen molar-refractivity contribution in [2.75, 3.05) is 0 Å². The number of carbonyl (C=O) groups excluding carboxylic acids is 2. The third kappa shape index (κ3) is 2.09. The molecule has 4 heteroatoms. The van der Waals surface area contributed by atoms with Gasteiger partial charge < -0.3 is 0 Å². The lowest BCUT2D eigenvalue weighted by Crippen LogP contribution is -2.33. The molecule has 3 aliphatic rings. The molecule has 4 atom stereocenters. The van der Waals surface area contributed by atoms with Crippen LogP contribution in [0.4, 0.5) is 0 Å². The molecule has 1 saturated carbocycles. The van der Waals surface area contributed by atoms with Gasteiger partial charge in [0.1, 0.15) is 6.61 Å². The summed E-state index contributed by atoms with van der Waals surface area (Å²) in [5, 5.41) is 5.47. The average molecular weight is 369 g/mol. The number of hydrogen-bond donors (Lipinski definition) is 0. The molecule has 3 aromatic carbocycles. The minimum Gasteiger partial charge on any atom is -0.272 e. The predicted molar refractivity (Wildman–Crippen MR) is 106 cm³/mol. The lowest BCUT2D eigenvalue weighted by atomic mass is 9.85. The molecule has 2 aliphatic carbocycles. The maximum Gasteiger partial charge on any atom is 0.258 e. The van der Waals surface area contributed by atoms with Gasteiger partial charge in [-0.3, -0.25) is 14.4 Å². The molecular formula is C24H19NO3. The standard InChI is InChI=1S/C24H19NO3/c26-23-21-16-9-10-17(12-16)22(21)24(27)25(23)28-13-20-18-7-3-1-5-14(18)11-15-6-2-4-8-19(15)20/h1-11,16-17,21-22H,12-13H2/t16-,17+,21-,22+. The van der Waals surface area contributed by atoms with Gasteiger partial charge in [-0.1, -0.05) is 60.7 Å². The molecule has 2 fully saturated rings. The molecule has 6 rings (SSSR count). The van der Waals surface area contributed by atoms with E-state index >= 15 is 0 Å². The molecule has 0 aromatic heterocycles. The summed E-state index contributed by atoms with van der Waals surface area (Å²) in [6.45, 7) is 0.196. The highest BCUT2D eigenvalue weighted by Gasteiger charge is 2.60. The Hall–Kier alpha value is -2.98. The van der Waals surface area contributed by atoms with Crippen LogP contribution in [0.1, 0.15) is 12.0 Å². The van der Waals surface area contributed by atoms with E-state index in [4.69, 9.17) is 4.84 Å². The van der Waals surface area contributed by atoms with Crippen molar-refractivity contribution < 1.29 is 14.4 Å². The quantitative estimate of drug-likeness (QED) is 0.394. The van der Waals surface area contributed by atoms with E-state index in [0.717, 1.165) is 38.6 Å². The number of fused-ring (bicyclic) bond motifs is 7. The minimum atomic E-state index is -0.230. The Morgan fingerprint density at radius 1 is 0.821 bits per heavy atom. The Balaban J connectivity index is 1.37. The van der Waals surface area contributed by atoms with Crippen molar-refractivity contribution >= 4 is 33.4 Å². The van der Waals surface area contributed by atoms with Gasteiger partial charge in [0.15, 0.2) is 0 Å². The van der Waals surface area contributed by atoms with Gasteiger partial charge in [-0.15, -0.1) is 0 Å². The molecule has 1 aliphatic heterocycles. The third-order valence-electron chi connectivity index (χ3n) is 6.65. The smallest absolute Gasteiger partial charge is 0.258 e. The van der Waals surface area contributed by atoms with Gasteiger partial charge in [-0.2, -0.15) is 5.06 Å². The number of hydroxylamine groups is 2. The topological polar surface area (TPSA) is 46.6 Å². The van der Waals surface area contributed by atoms with Gasteiger partial charge in [-0.05, 0) is 51.4 Å². The molecule has 4 nitrogen and oxygen atoms in total. The van der Waals surface area contributed by atoms with Crippen LogP contribution >= 0.6 is 0 Å². The summed E-state index contributed by atoms with van der Waals surface area (Å²) in [5.41, 5.74) is 1.01. The van der Waals surface area contributed by atoms with Gasteiger partial charge in [0, 0.05) is 0 Å². The zero-order valence-electron chi connectivity index (χ0n) is 15.2. The number of nitrogens with zero attached hydrogens (tertiary/aromatic N) is 1. The van der Waals surface area contributed by atoms with Crippen molar-refractivity contribution in [1.29, 1.82) is 0 Å².